The average molecular weight is 485 g/mol. The Balaban J connectivity index is 2.03. The quantitative estimate of drug-likeness (QED) is 0.225. The minimum Gasteiger partial charge on any atom is -0.504 e. The summed E-state index contributed by atoms with van der Waals surface area (Å²) in [5.74, 6) is 2.18. The Hall–Kier alpha value is -2.53. The van der Waals surface area contributed by atoms with Crippen LogP contribution in [-0.4, -0.2) is 29.7 Å². The summed E-state index contributed by atoms with van der Waals surface area (Å²) < 4.78 is 11.5. The van der Waals surface area contributed by atoms with Gasteiger partial charge in [-0.3, -0.25) is 4.79 Å². The first-order valence-corrected chi connectivity index (χ1v) is 12.8. The van der Waals surface area contributed by atoms with Crippen LogP contribution < -0.4 is 4.74 Å². The van der Waals surface area contributed by atoms with Crippen molar-refractivity contribution in [2.24, 2.45) is 17.8 Å². The van der Waals surface area contributed by atoms with Crippen LogP contribution in [0.15, 0.2) is 34.3 Å². The minimum atomic E-state index is -0.295. The molecule has 35 heavy (non-hydrogen) atoms. The summed E-state index contributed by atoms with van der Waals surface area (Å²) in [7, 11) is 1.47. The van der Waals surface area contributed by atoms with Crippen LogP contribution in [0, 0.1) is 24.7 Å². The van der Waals surface area contributed by atoms with Crippen molar-refractivity contribution in [1.82, 2.24) is 0 Å². The van der Waals surface area contributed by atoms with E-state index in [2.05, 4.69) is 46.8 Å². The van der Waals surface area contributed by atoms with Crippen molar-refractivity contribution in [3.63, 3.8) is 0 Å². The molecule has 0 fully saturated rings. The lowest BCUT2D eigenvalue weighted by Gasteiger charge is -2.19. The van der Waals surface area contributed by atoms with Gasteiger partial charge in [0.15, 0.2) is 17.8 Å². The number of methoxy groups -OCH3 is 1. The van der Waals surface area contributed by atoms with Crippen molar-refractivity contribution in [2.45, 2.75) is 86.2 Å². The SMILES string of the molecule is C/C=C/[C@@H](C)[C@H](O)CC[C@H](C)/C=C(\C)C[C@@H](C)C[C@H](C)c1cc2c(C=O)c(O)c(OC)c(C)c2o1. The Bertz CT molecular complexity index is 1040. The van der Waals surface area contributed by atoms with Gasteiger partial charge in [-0.1, -0.05) is 51.5 Å². The first-order chi connectivity index (χ1) is 16.5. The molecule has 5 atom stereocenters. The molecule has 0 saturated carbocycles. The van der Waals surface area contributed by atoms with Crippen LogP contribution in [0.5, 0.6) is 11.5 Å². The van der Waals surface area contributed by atoms with Crippen molar-refractivity contribution in [2.75, 3.05) is 7.11 Å². The first-order valence-electron chi connectivity index (χ1n) is 12.8. The maximum Gasteiger partial charge on any atom is 0.169 e. The second-order valence-corrected chi connectivity index (χ2v) is 10.4. The van der Waals surface area contributed by atoms with Gasteiger partial charge in [0.1, 0.15) is 11.3 Å². The molecule has 0 aliphatic carbocycles. The predicted octanol–water partition coefficient (Wildman–Crippen LogP) is 7.72. The van der Waals surface area contributed by atoms with Gasteiger partial charge in [-0.25, -0.2) is 0 Å². The molecule has 2 rings (SSSR count). The van der Waals surface area contributed by atoms with E-state index in [1.807, 2.05) is 26.0 Å². The lowest BCUT2D eigenvalue weighted by molar-refractivity contribution is 0.112. The summed E-state index contributed by atoms with van der Waals surface area (Å²) >= 11 is 0. The molecule has 0 amide bonds. The molecule has 2 aromatic rings. The summed E-state index contributed by atoms with van der Waals surface area (Å²) in [5.41, 5.74) is 2.85. The fraction of sp³-hybridized carbons (Fsp3) is 0.567. The molecular formula is C30H44O5. The molecule has 5 heteroatoms. The summed E-state index contributed by atoms with van der Waals surface area (Å²) in [6, 6.07) is 1.88. The van der Waals surface area contributed by atoms with Crippen molar-refractivity contribution in [1.29, 1.82) is 0 Å². The third-order valence-electron chi connectivity index (χ3n) is 7.02. The third-order valence-corrected chi connectivity index (χ3v) is 7.02. The smallest absolute Gasteiger partial charge is 0.169 e. The van der Waals surface area contributed by atoms with Gasteiger partial charge in [-0.05, 0) is 70.3 Å². The average Bonchev–Trinajstić information content (AvgIpc) is 3.23. The molecule has 1 aromatic heterocycles. The van der Waals surface area contributed by atoms with E-state index in [1.54, 1.807) is 0 Å². The van der Waals surface area contributed by atoms with E-state index in [9.17, 15) is 15.0 Å². The number of phenols is 1. The summed E-state index contributed by atoms with van der Waals surface area (Å²) in [6.45, 7) is 14.7. The lowest BCUT2D eigenvalue weighted by atomic mass is 9.89. The van der Waals surface area contributed by atoms with E-state index in [0.29, 0.717) is 34.7 Å². The van der Waals surface area contributed by atoms with E-state index in [-0.39, 0.29) is 35.0 Å². The van der Waals surface area contributed by atoms with E-state index in [1.165, 1.54) is 12.7 Å². The van der Waals surface area contributed by atoms with E-state index in [0.717, 1.165) is 31.4 Å². The van der Waals surface area contributed by atoms with Crippen LogP contribution in [-0.2, 0) is 0 Å². The molecule has 0 aliphatic rings. The van der Waals surface area contributed by atoms with E-state index >= 15 is 0 Å². The maximum absolute atomic E-state index is 11.7. The number of carbonyl (C=O) groups excluding carboxylic acids is 1. The zero-order chi connectivity index (χ0) is 26.3. The highest BCUT2D eigenvalue weighted by atomic mass is 16.5. The van der Waals surface area contributed by atoms with Gasteiger partial charge in [0.05, 0.1) is 18.8 Å². The number of allylic oxidation sites excluding steroid dienone is 3. The highest BCUT2D eigenvalue weighted by molar-refractivity contribution is 6.02. The Morgan fingerprint density at radius 1 is 1.20 bits per heavy atom. The maximum atomic E-state index is 11.7. The third kappa shape index (κ3) is 7.23. The molecule has 0 radical (unpaired) electrons. The highest BCUT2D eigenvalue weighted by Gasteiger charge is 2.23. The second kappa shape index (κ2) is 13.0. The van der Waals surface area contributed by atoms with Gasteiger partial charge in [0, 0.05) is 16.9 Å². The Morgan fingerprint density at radius 3 is 2.49 bits per heavy atom. The lowest BCUT2D eigenvalue weighted by Crippen LogP contribution is -2.16. The molecule has 1 heterocycles. The Labute approximate surface area is 210 Å². The summed E-state index contributed by atoms with van der Waals surface area (Å²) in [5, 5.41) is 21.4. The van der Waals surface area contributed by atoms with Crippen LogP contribution in [0.25, 0.3) is 11.0 Å². The Morgan fingerprint density at radius 2 is 1.89 bits per heavy atom. The molecular weight excluding hydrogens is 440 g/mol. The number of aryl methyl sites for hydroxylation is 1. The van der Waals surface area contributed by atoms with Crippen molar-refractivity contribution >= 4 is 17.3 Å². The van der Waals surface area contributed by atoms with Crippen LogP contribution in [0.3, 0.4) is 0 Å². The number of aliphatic hydroxyl groups is 1. The van der Waals surface area contributed by atoms with E-state index in [4.69, 9.17) is 9.15 Å². The van der Waals surface area contributed by atoms with Crippen LogP contribution in [0.1, 0.15) is 94.8 Å². The number of hydrogen-bond acceptors (Lipinski definition) is 5. The number of furan rings is 1. The topological polar surface area (TPSA) is 79.9 Å². The number of aliphatic hydroxyl groups excluding tert-OH is 1. The summed E-state index contributed by atoms with van der Waals surface area (Å²) in [6.07, 6.45) is 10.5. The number of ether oxygens (including phenoxy) is 1. The molecule has 2 N–H and O–H groups in total. The largest absolute Gasteiger partial charge is 0.504 e. The standard InChI is InChI=1S/C30H44O5/c1-9-10-21(5)26(32)12-11-18(2)13-19(3)14-20(4)15-22(6)27-16-24-25(17-31)28(33)30(34-8)23(7)29(24)35-27/h9-10,13,16-18,20-22,26,32-33H,11-12,14-15H2,1-8H3/b10-9+,19-13+/t18-,20+,21+,22-,26+/m0/s1. The number of carbonyl (C=O) groups is 1. The number of rotatable bonds is 13. The van der Waals surface area contributed by atoms with Crippen LogP contribution in [0.2, 0.25) is 0 Å². The monoisotopic (exact) mass is 484 g/mol. The van der Waals surface area contributed by atoms with Gasteiger partial charge >= 0.3 is 0 Å². The van der Waals surface area contributed by atoms with Gasteiger partial charge in [0.25, 0.3) is 0 Å². The molecule has 1 aromatic carbocycles. The molecule has 0 spiro atoms. The zero-order valence-corrected chi connectivity index (χ0v) is 22.7. The van der Waals surface area contributed by atoms with Crippen LogP contribution >= 0.6 is 0 Å². The van der Waals surface area contributed by atoms with Gasteiger partial charge in [-0.2, -0.15) is 0 Å². The molecule has 0 aliphatic heterocycles. The van der Waals surface area contributed by atoms with Crippen molar-refractivity contribution in [3.8, 4) is 11.5 Å². The van der Waals surface area contributed by atoms with Crippen molar-refractivity contribution < 1.29 is 24.2 Å². The molecule has 194 valence electrons. The van der Waals surface area contributed by atoms with Crippen molar-refractivity contribution in [3.05, 3.63) is 46.8 Å². The number of hydrogen-bond donors (Lipinski definition) is 2. The molecule has 0 saturated heterocycles. The van der Waals surface area contributed by atoms with Gasteiger partial charge < -0.3 is 19.4 Å². The minimum absolute atomic E-state index is 0.139. The predicted molar refractivity (Wildman–Crippen MR) is 144 cm³/mol. The fourth-order valence-electron chi connectivity index (χ4n) is 5.15. The Kier molecular flexibility index (Phi) is 10.6. The summed E-state index contributed by atoms with van der Waals surface area (Å²) in [4.78, 5) is 11.7. The number of fused-ring (bicyclic) bond motifs is 1. The van der Waals surface area contributed by atoms with Gasteiger partial charge in [-0.15, -0.1) is 0 Å². The second-order valence-electron chi connectivity index (χ2n) is 10.4. The molecule has 0 unspecified atom stereocenters. The normalized spacial score (nSPS) is 16.9. The van der Waals surface area contributed by atoms with Crippen LogP contribution in [0.4, 0.5) is 0 Å². The highest BCUT2D eigenvalue weighted by Crippen LogP contribution is 2.42. The number of phenolic OH excluding ortho intramolecular Hbond substituents is 1. The number of benzene rings is 1. The first kappa shape index (κ1) is 28.7. The number of aromatic hydroxyl groups is 1. The van der Waals surface area contributed by atoms with E-state index < -0.39 is 0 Å². The zero-order valence-electron chi connectivity index (χ0n) is 22.7. The fourth-order valence-corrected chi connectivity index (χ4v) is 5.15. The van der Waals surface area contributed by atoms with Gasteiger partial charge in [0.2, 0.25) is 0 Å². The molecule has 0 bridgehead atoms. The number of aldehydes is 1. The molecule has 5 nitrogen and oxygen atoms in total.